The minimum atomic E-state index is 0.522. The van der Waals surface area contributed by atoms with Crippen molar-refractivity contribution in [2.24, 2.45) is 0 Å². The van der Waals surface area contributed by atoms with Gasteiger partial charge < -0.3 is 20.5 Å². The molecule has 2 aromatic heterocycles. The van der Waals surface area contributed by atoms with Crippen LogP contribution in [0, 0.1) is 25.2 Å². The van der Waals surface area contributed by atoms with Gasteiger partial charge in [-0.15, -0.1) is 0 Å². The highest BCUT2D eigenvalue weighted by molar-refractivity contribution is 5.90. The number of nitriles is 1. The normalized spacial score (nSPS) is 14.0. The van der Waals surface area contributed by atoms with E-state index < -0.39 is 0 Å². The maximum absolute atomic E-state index is 9.82. The van der Waals surface area contributed by atoms with Crippen LogP contribution in [-0.4, -0.2) is 41.0 Å². The van der Waals surface area contributed by atoms with Crippen molar-refractivity contribution in [1.29, 1.82) is 5.26 Å². The highest BCUT2D eigenvalue weighted by atomic mass is 15.1. The van der Waals surface area contributed by atoms with Crippen molar-refractivity contribution in [1.82, 2.24) is 20.2 Å². The first-order valence-corrected chi connectivity index (χ1v) is 13.1. The number of aromatic amines is 1. The number of nitrogens with one attached hydrogen (secondary N) is 3. The lowest BCUT2D eigenvalue weighted by molar-refractivity contribution is 0.335. The summed E-state index contributed by atoms with van der Waals surface area (Å²) in [6.07, 6.45) is 10.4. The van der Waals surface area contributed by atoms with E-state index in [0.29, 0.717) is 5.56 Å². The van der Waals surface area contributed by atoms with Crippen molar-refractivity contribution >= 4 is 34.4 Å². The first-order chi connectivity index (χ1) is 18.1. The fourth-order valence-corrected chi connectivity index (χ4v) is 5.00. The summed E-state index contributed by atoms with van der Waals surface area (Å²) in [5.74, 6) is 0. The zero-order valence-corrected chi connectivity index (χ0v) is 21.6. The second-order valence-electron chi connectivity index (χ2n) is 9.76. The van der Waals surface area contributed by atoms with Gasteiger partial charge in [0.05, 0.1) is 11.3 Å². The van der Waals surface area contributed by atoms with Crippen LogP contribution in [0.1, 0.15) is 46.4 Å². The molecule has 6 nitrogen and oxygen atoms in total. The number of aryl methyl sites for hydroxylation is 2. The fraction of sp³-hybridized carbons (Fsp3) is 0.290. The Morgan fingerprint density at radius 3 is 2.65 bits per heavy atom. The number of rotatable bonds is 9. The Morgan fingerprint density at radius 2 is 1.86 bits per heavy atom. The monoisotopic (exact) mass is 490 g/mol. The molecule has 1 saturated heterocycles. The molecule has 188 valence electrons. The van der Waals surface area contributed by atoms with Gasteiger partial charge in [0.2, 0.25) is 0 Å². The summed E-state index contributed by atoms with van der Waals surface area (Å²) >= 11 is 0. The predicted molar refractivity (Wildman–Crippen MR) is 153 cm³/mol. The lowest BCUT2D eigenvalue weighted by Crippen LogP contribution is -2.29. The van der Waals surface area contributed by atoms with Crippen LogP contribution in [0.15, 0.2) is 54.9 Å². The Bertz CT molecular complexity index is 1440. The average Bonchev–Trinajstić information content (AvgIpc) is 3.61. The molecule has 3 N–H and O–H groups in total. The molecule has 37 heavy (non-hydrogen) atoms. The number of H-pyrrole nitrogens is 1. The largest absolute Gasteiger partial charge is 0.361 e. The maximum atomic E-state index is 9.82. The summed E-state index contributed by atoms with van der Waals surface area (Å²) < 4.78 is 0. The molecule has 6 heteroatoms. The summed E-state index contributed by atoms with van der Waals surface area (Å²) in [7, 11) is 0. The van der Waals surface area contributed by atoms with Crippen molar-refractivity contribution < 1.29 is 0 Å². The first kappa shape index (κ1) is 24.8. The molecule has 1 fully saturated rings. The highest BCUT2D eigenvalue weighted by Gasteiger charge is 2.14. The van der Waals surface area contributed by atoms with Crippen LogP contribution < -0.4 is 10.6 Å². The number of nitrogens with zero attached hydrogens (tertiary/aromatic N) is 3. The van der Waals surface area contributed by atoms with Gasteiger partial charge in [0.15, 0.2) is 0 Å². The number of likely N-dealkylation sites (tertiary alicyclic amines) is 1. The summed E-state index contributed by atoms with van der Waals surface area (Å²) in [5.41, 5.74) is 8.69. The molecular formula is C31H34N6. The fourth-order valence-electron chi connectivity index (χ4n) is 5.00. The quantitative estimate of drug-likeness (QED) is 0.245. The van der Waals surface area contributed by atoms with E-state index in [4.69, 9.17) is 0 Å². The SMILES string of the molecule is Cc1ncc(C#N)c(Nc2ccc3[nH]ccc3c2C)c1C=Cc1ccc(CNCCN2CCCC2)cc1. The van der Waals surface area contributed by atoms with Gasteiger partial charge in [0.25, 0.3) is 0 Å². The number of aromatic nitrogens is 2. The molecule has 4 aromatic rings. The van der Waals surface area contributed by atoms with Crippen LogP contribution in [0.25, 0.3) is 23.1 Å². The van der Waals surface area contributed by atoms with Crippen LogP contribution in [-0.2, 0) is 6.54 Å². The van der Waals surface area contributed by atoms with E-state index in [-0.39, 0.29) is 0 Å². The summed E-state index contributed by atoms with van der Waals surface area (Å²) in [4.78, 5) is 10.3. The van der Waals surface area contributed by atoms with Crippen LogP contribution in [0.4, 0.5) is 11.4 Å². The van der Waals surface area contributed by atoms with Crippen molar-refractivity contribution in [3.05, 3.63) is 88.4 Å². The van der Waals surface area contributed by atoms with E-state index in [1.807, 2.05) is 13.1 Å². The Labute approximate surface area is 219 Å². The molecule has 0 amide bonds. The minimum absolute atomic E-state index is 0.522. The molecule has 0 atom stereocenters. The summed E-state index contributed by atoms with van der Waals surface area (Å²) in [6.45, 7) is 9.59. The molecule has 0 spiro atoms. The third-order valence-corrected chi connectivity index (χ3v) is 7.25. The molecule has 0 radical (unpaired) electrons. The molecule has 0 aliphatic carbocycles. The van der Waals surface area contributed by atoms with Gasteiger partial charge in [0.1, 0.15) is 6.07 Å². The zero-order chi connectivity index (χ0) is 25.6. The molecule has 2 aromatic carbocycles. The second kappa shape index (κ2) is 11.4. The molecule has 0 bridgehead atoms. The Morgan fingerprint density at radius 1 is 1.05 bits per heavy atom. The average molecular weight is 491 g/mol. The lowest BCUT2D eigenvalue weighted by Gasteiger charge is -2.16. The number of benzene rings is 2. The predicted octanol–water partition coefficient (Wildman–Crippen LogP) is 6.15. The van der Waals surface area contributed by atoms with Gasteiger partial charge in [-0.3, -0.25) is 4.98 Å². The number of fused-ring (bicyclic) bond motifs is 1. The molecule has 0 saturated carbocycles. The molecule has 3 heterocycles. The molecule has 5 rings (SSSR count). The van der Waals surface area contributed by atoms with E-state index >= 15 is 0 Å². The van der Waals surface area contributed by atoms with Gasteiger partial charge in [-0.1, -0.05) is 36.4 Å². The van der Waals surface area contributed by atoms with E-state index in [2.05, 4.69) is 93.1 Å². The van der Waals surface area contributed by atoms with Crippen LogP contribution >= 0.6 is 0 Å². The number of pyridine rings is 1. The summed E-state index contributed by atoms with van der Waals surface area (Å²) in [6, 6.07) is 17.1. The van der Waals surface area contributed by atoms with E-state index in [1.165, 1.54) is 31.5 Å². The maximum Gasteiger partial charge on any atom is 0.103 e. The number of hydrogen-bond donors (Lipinski definition) is 3. The topological polar surface area (TPSA) is 79.8 Å². The Kier molecular flexibility index (Phi) is 7.65. The summed E-state index contributed by atoms with van der Waals surface area (Å²) in [5, 5.41) is 18.1. The molecular weight excluding hydrogens is 456 g/mol. The van der Waals surface area contributed by atoms with Crippen LogP contribution in [0.2, 0.25) is 0 Å². The molecule has 0 unspecified atom stereocenters. The van der Waals surface area contributed by atoms with Gasteiger partial charge >= 0.3 is 0 Å². The lowest BCUT2D eigenvalue weighted by atomic mass is 10.0. The third-order valence-electron chi connectivity index (χ3n) is 7.25. The van der Waals surface area contributed by atoms with Gasteiger partial charge in [0, 0.05) is 59.9 Å². The van der Waals surface area contributed by atoms with Crippen molar-refractivity contribution in [3.63, 3.8) is 0 Å². The Hall–Kier alpha value is -3.92. The standard InChI is InChI=1S/C31H34N6/c1-22-27-13-14-34-30(27)12-11-29(22)36-31-26(19-32)21-35-23(2)28(31)10-9-24-5-7-25(8-6-24)20-33-15-18-37-16-3-4-17-37/h5-14,21,33-34H,3-4,15-18,20H2,1-2H3,(H,35,36). The minimum Gasteiger partial charge on any atom is -0.361 e. The number of hydrogen-bond acceptors (Lipinski definition) is 5. The van der Waals surface area contributed by atoms with E-state index in [9.17, 15) is 5.26 Å². The Balaban J connectivity index is 1.30. The van der Waals surface area contributed by atoms with Crippen molar-refractivity contribution in [2.75, 3.05) is 31.5 Å². The van der Waals surface area contributed by atoms with Crippen LogP contribution in [0.5, 0.6) is 0 Å². The second-order valence-corrected chi connectivity index (χ2v) is 9.76. The van der Waals surface area contributed by atoms with Crippen molar-refractivity contribution in [2.45, 2.75) is 33.2 Å². The van der Waals surface area contributed by atoms with Gasteiger partial charge in [-0.05, 0) is 74.7 Å². The highest BCUT2D eigenvalue weighted by Crippen LogP contribution is 2.32. The smallest absolute Gasteiger partial charge is 0.103 e. The van der Waals surface area contributed by atoms with Gasteiger partial charge in [-0.25, -0.2) is 0 Å². The third kappa shape index (κ3) is 5.75. The van der Waals surface area contributed by atoms with Gasteiger partial charge in [-0.2, -0.15) is 5.26 Å². The van der Waals surface area contributed by atoms with E-state index in [1.54, 1.807) is 6.20 Å². The zero-order valence-electron chi connectivity index (χ0n) is 21.6. The molecule has 1 aliphatic rings. The first-order valence-electron chi connectivity index (χ1n) is 13.1. The van der Waals surface area contributed by atoms with Crippen LogP contribution in [0.3, 0.4) is 0 Å². The van der Waals surface area contributed by atoms with Crippen molar-refractivity contribution in [3.8, 4) is 6.07 Å². The molecule has 1 aliphatic heterocycles. The van der Waals surface area contributed by atoms with E-state index in [0.717, 1.165) is 64.3 Å². The number of anilines is 2.